The van der Waals surface area contributed by atoms with Crippen LogP contribution in [-0.4, -0.2) is 22.8 Å². The molecular formula is C16H12FNO5. The van der Waals surface area contributed by atoms with E-state index in [2.05, 4.69) is 0 Å². The fourth-order valence-corrected chi connectivity index (χ4v) is 1.85. The maximum Gasteiger partial charge on any atom is 0.338 e. The number of nitro benzene ring substituents is 1. The lowest BCUT2D eigenvalue weighted by Crippen LogP contribution is -2.24. The molecule has 0 aliphatic heterocycles. The van der Waals surface area contributed by atoms with Crippen molar-refractivity contribution in [2.75, 3.05) is 0 Å². The second kappa shape index (κ2) is 6.78. The van der Waals surface area contributed by atoms with Crippen LogP contribution in [0.3, 0.4) is 0 Å². The van der Waals surface area contributed by atoms with Gasteiger partial charge in [0.2, 0.25) is 5.78 Å². The minimum Gasteiger partial charge on any atom is -0.451 e. The number of carbonyl (C=O) groups is 2. The number of nitrogens with zero attached hydrogens (tertiary/aromatic N) is 1. The van der Waals surface area contributed by atoms with Crippen LogP contribution in [0, 0.1) is 15.9 Å². The number of Topliss-reactive ketones (excluding diaryl/α,β-unsaturated/α-hetero) is 1. The molecule has 2 aromatic carbocycles. The Morgan fingerprint density at radius 3 is 2.09 bits per heavy atom. The highest BCUT2D eigenvalue weighted by Crippen LogP contribution is 2.14. The van der Waals surface area contributed by atoms with E-state index in [0.717, 1.165) is 12.1 Å². The van der Waals surface area contributed by atoms with Crippen LogP contribution in [0.15, 0.2) is 48.5 Å². The van der Waals surface area contributed by atoms with Crippen molar-refractivity contribution in [2.24, 2.45) is 0 Å². The number of ketones is 1. The lowest BCUT2D eigenvalue weighted by Gasteiger charge is -2.12. The predicted molar refractivity (Wildman–Crippen MR) is 78.7 cm³/mol. The van der Waals surface area contributed by atoms with E-state index in [-0.39, 0.29) is 16.8 Å². The van der Waals surface area contributed by atoms with Crippen molar-refractivity contribution < 1.29 is 23.6 Å². The van der Waals surface area contributed by atoms with Gasteiger partial charge in [0.25, 0.3) is 5.69 Å². The zero-order valence-corrected chi connectivity index (χ0v) is 12.1. The molecule has 0 heterocycles. The minimum absolute atomic E-state index is 0.0920. The van der Waals surface area contributed by atoms with Gasteiger partial charge in [-0.05, 0) is 43.3 Å². The first-order valence-corrected chi connectivity index (χ1v) is 6.63. The van der Waals surface area contributed by atoms with Crippen molar-refractivity contribution in [1.82, 2.24) is 0 Å². The maximum atomic E-state index is 12.8. The fraction of sp³-hybridized carbons (Fsp3) is 0.125. The van der Waals surface area contributed by atoms with Gasteiger partial charge in [-0.2, -0.15) is 0 Å². The third kappa shape index (κ3) is 3.97. The number of carbonyl (C=O) groups excluding carboxylic acids is 2. The Labute approximate surface area is 130 Å². The number of rotatable bonds is 5. The topological polar surface area (TPSA) is 86.5 Å². The molecule has 0 saturated carbocycles. The number of hydrogen-bond donors (Lipinski definition) is 0. The molecule has 0 aromatic heterocycles. The lowest BCUT2D eigenvalue weighted by molar-refractivity contribution is -0.384. The third-order valence-corrected chi connectivity index (χ3v) is 3.10. The standard InChI is InChI=1S/C16H12FNO5/c1-10(15(19)11-2-6-13(17)7-3-11)23-16(20)12-4-8-14(9-5-12)18(21)22/h2-10H,1H3/t10-/m1/s1. The summed E-state index contributed by atoms with van der Waals surface area (Å²) in [4.78, 5) is 34.0. The van der Waals surface area contributed by atoms with Crippen LogP contribution < -0.4 is 0 Å². The van der Waals surface area contributed by atoms with Crippen LogP contribution in [0.2, 0.25) is 0 Å². The molecule has 2 aromatic rings. The number of benzene rings is 2. The van der Waals surface area contributed by atoms with Crippen LogP contribution >= 0.6 is 0 Å². The molecule has 0 radical (unpaired) electrons. The highest BCUT2D eigenvalue weighted by atomic mass is 19.1. The van der Waals surface area contributed by atoms with Gasteiger partial charge in [-0.25, -0.2) is 9.18 Å². The van der Waals surface area contributed by atoms with Crippen LogP contribution in [-0.2, 0) is 4.74 Å². The number of non-ortho nitro benzene ring substituents is 1. The van der Waals surface area contributed by atoms with E-state index >= 15 is 0 Å². The highest BCUT2D eigenvalue weighted by molar-refractivity contribution is 6.01. The molecule has 0 fully saturated rings. The van der Waals surface area contributed by atoms with Crippen molar-refractivity contribution >= 4 is 17.4 Å². The molecule has 0 N–H and O–H groups in total. The Balaban J connectivity index is 2.05. The van der Waals surface area contributed by atoms with E-state index in [1.54, 1.807) is 0 Å². The Hall–Kier alpha value is -3.09. The smallest absolute Gasteiger partial charge is 0.338 e. The Morgan fingerprint density at radius 2 is 1.57 bits per heavy atom. The van der Waals surface area contributed by atoms with E-state index in [9.17, 15) is 24.1 Å². The fourth-order valence-electron chi connectivity index (χ4n) is 1.85. The molecule has 6 nitrogen and oxygen atoms in total. The van der Waals surface area contributed by atoms with Gasteiger partial charge in [0.15, 0.2) is 6.10 Å². The minimum atomic E-state index is -1.07. The van der Waals surface area contributed by atoms with E-state index < -0.39 is 28.6 Å². The average Bonchev–Trinajstić information content (AvgIpc) is 2.54. The van der Waals surface area contributed by atoms with Gasteiger partial charge < -0.3 is 4.74 Å². The van der Waals surface area contributed by atoms with Crippen molar-refractivity contribution in [3.05, 3.63) is 75.6 Å². The monoisotopic (exact) mass is 317 g/mol. The predicted octanol–water partition coefficient (Wildman–Crippen LogP) is 3.16. The van der Waals surface area contributed by atoms with Gasteiger partial charge in [0, 0.05) is 17.7 Å². The zero-order chi connectivity index (χ0) is 17.0. The third-order valence-electron chi connectivity index (χ3n) is 3.10. The van der Waals surface area contributed by atoms with E-state index in [4.69, 9.17) is 4.74 Å². The normalized spacial score (nSPS) is 11.6. The summed E-state index contributed by atoms with van der Waals surface area (Å²) < 4.78 is 17.9. The molecule has 7 heteroatoms. The van der Waals surface area contributed by atoms with Crippen molar-refractivity contribution in [3.8, 4) is 0 Å². The summed E-state index contributed by atoms with van der Waals surface area (Å²) in [5.41, 5.74) is 0.154. The van der Waals surface area contributed by atoms with Gasteiger partial charge in [-0.3, -0.25) is 14.9 Å². The number of esters is 1. The molecule has 0 aliphatic carbocycles. The van der Waals surface area contributed by atoms with Gasteiger partial charge in [-0.15, -0.1) is 0 Å². The summed E-state index contributed by atoms with van der Waals surface area (Å²) in [5.74, 6) is -1.72. The van der Waals surface area contributed by atoms with Gasteiger partial charge in [-0.1, -0.05) is 0 Å². The molecule has 0 amide bonds. The summed E-state index contributed by atoms with van der Waals surface area (Å²) in [6.07, 6.45) is -1.07. The summed E-state index contributed by atoms with van der Waals surface area (Å²) >= 11 is 0. The number of ether oxygens (including phenoxy) is 1. The number of nitro groups is 1. The molecule has 0 aliphatic rings. The average molecular weight is 317 g/mol. The Kier molecular flexibility index (Phi) is 4.80. The van der Waals surface area contributed by atoms with Crippen molar-refractivity contribution in [1.29, 1.82) is 0 Å². The molecule has 2 rings (SSSR count). The van der Waals surface area contributed by atoms with Crippen molar-refractivity contribution in [2.45, 2.75) is 13.0 Å². The van der Waals surface area contributed by atoms with E-state index in [0.29, 0.717) is 0 Å². The van der Waals surface area contributed by atoms with Crippen molar-refractivity contribution in [3.63, 3.8) is 0 Å². The van der Waals surface area contributed by atoms with Gasteiger partial charge in [0.05, 0.1) is 10.5 Å². The summed E-state index contributed by atoms with van der Waals surface area (Å²) in [5, 5.41) is 10.5. The molecule has 0 saturated heterocycles. The first-order valence-electron chi connectivity index (χ1n) is 6.63. The van der Waals surface area contributed by atoms with Crippen LogP contribution in [0.1, 0.15) is 27.6 Å². The first-order chi connectivity index (χ1) is 10.9. The lowest BCUT2D eigenvalue weighted by atomic mass is 10.1. The quantitative estimate of drug-likeness (QED) is 0.366. The van der Waals surface area contributed by atoms with Gasteiger partial charge >= 0.3 is 5.97 Å². The Morgan fingerprint density at radius 1 is 1.04 bits per heavy atom. The molecule has 23 heavy (non-hydrogen) atoms. The van der Waals surface area contributed by atoms with E-state index in [1.165, 1.54) is 43.3 Å². The first kappa shape index (κ1) is 16.3. The summed E-state index contributed by atoms with van der Waals surface area (Å²) in [7, 11) is 0. The largest absolute Gasteiger partial charge is 0.451 e. The number of hydrogen-bond acceptors (Lipinski definition) is 5. The van der Waals surface area contributed by atoms with Crippen LogP contribution in [0.5, 0.6) is 0 Å². The molecular weight excluding hydrogens is 305 g/mol. The summed E-state index contributed by atoms with van der Waals surface area (Å²) in [6.45, 7) is 1.40. The second-order valence-corrected chi connectivity index (χ2v) is 4.72. The Bertz CT molecular complexity index is 740. The summed E-state index contributed by atoms with van der Waals surface area (Å²) in [6, 6.07) is 9.70. The molecule has 118 valence electrons. The van der Waals surface area contributed by atoms with Crippen LogP contribution in [0.4, 0.5) is 10.1 Å². The molecule has 0 spiro atoms. The zero-order valence-electron chi connectivity index (χ0n) is 12.1. The highest BCUT2D eigenvalue weighted by Gasteiger charge is 2.20. The molecule has 0 unspecified atom stereocenters. The SMILES string of the molecule is C[C@@H](OC(=O)c1ccc([N+](=O)[O-])cc1)C(=O)c1ccc(F)cc1. The molecule has 1 atom stereocenters. The maximum absolute atomic E-state index is 12.8. The second-order valence-electron chi connectivity index (χ2n) is 4.72. The van der Waals surface area contributed by atoms with E-state index in [1.807, 2.05) is 0 Å². The van der Waals surface area contributed by atoms with Gasteiger partial charge in [0.1, 0.15) is 5.82 Å². The number of halogens is 1. The van der Waals surface area contributed by atoms with Crippen LogP contribution in [0.25, 0.3) is 0 Å². The molecule has 0 bridgehead atoms.